The Labute approximate surface area is 154 Å². The highest BCUT2D eigenvalue weighted by Crippen LogP contribution is 2.16. The topological polar surface area (TPSA) is 72.7 Å². The summed E-state index contributed by atoms with van der Waals surface area (Å²) >= 11 is 0. The van der Waals surface area contributed by atoms with Gasteiger partial charge in [-0.1, -0.05) is 23.4 Å². The minimum atomic E-state index is -0.277. The molecular weight excluding hydrogens is 345 g/mol. The van der Waals surface area contributed by atoms with Crippen molar-refractivity contribution in [2.24, 2.45) is 0 Å². The number of hydrogen-bond donors (Lipinski definition) is 1. The number of amides is 1. The van der Waals surface area contributed by atoms with Gasteiger partial charge in [0, 0.05) is 11.8 Å². The highest BCUT2D eigenvalue weighted by Gasteiger charge is 2.11. The molecule has 0 radical (unpaired) electrons. The van der Waals surface area contributed by atoms with Crippen LogP contribution in [-0.2, 0) is 6.54 Å². The molecule has 4 rings (SSSR count). The normalized spacial score (nSPS) is 10.9. The number of anilines is 1. The first-order valence-corrected chi connectivity index (χ1v) is 8.40. The number of aromatic nitrogens is 4. The second kappa shape index (κ2) is 6.95. The largest absolute Gasteiger partial charge is 0.307 e. The summed E-state index contributed by atoms with van der Waals surface area (Å²) in [6.45, 7) is 2.40. The third-order valence-electron chi connectivity index (χ3n) is 4.17. The highest BCUT2D eigenvalue weighted by atomic mass is 19.1. The van der Waals surface area contributed by atoms with Gasteiger partial charge in [0.2, 0.25) is 0 Å². The van der Waals surface area contributed by atoms with Crippen molar-refractivity contribution in [2.45, 2.75) is 13.5 Å². The molecule has 2 aromatic carbocycles. The third-order valence-corrected chi connectivity index (χ3v) is 4.17. The molecule has 2 aromatic heterocycles. The number of fused-ring (bicyclic) bond motifs is 1. The minimum absolute atomic E-state index is 0.263. The maximum atomic E-state index is 13.0. The van der Waals surface area contributed by atoms with Crippen LogP contribution in [0.5, 0.6) is 0 Å². The fourth-order valence-electron chi connectivity index (χ4n) is 2.72. The summed E-state index contributed by atoms with van der Waals surface area (Å²) in [5.74, 6) is -0.0482. The van der Waals surface area contributed by atoms with E-state index in [0.29, 0.717) is 23.4 Å². The number of nitrogens with zero attached hydrogens (tertiary/aromatic N) is 4. The van der Waals surface area contributed by atoms with Gasteiger partial charge in [-0.15, -0.1) is 5.10 Å². The van der Waals surface area contributed by atoms with Crippen LogP contribution in [0.15, 0.2) is 60.8 Å². The molecule has 6 nitrogen and oxygen atoms in total. The van der Waals surface area contributed by atoms with E-state index in [4.69, 9.17) is 0 Å². The quantitative estimate of drug-likeness (QED) is 0.603. The van der Waals surface area contributed by atoms with E-state index in [0.717, 1.165) is 16.6 Å². The molecule has 0 atom stereocenters. The molecule has 1 N–H and O–H groups in total. The molecule has 1 amide bonds. The average molecular weight is 361 g/mol. The van der Waals surface area contributed by atoms with Gasteiger partial charge in [-0.05, 0) is 54.4 Å². The number of carbonyl (C=O) groups is 1. The zero-order chi connectivity index (χ0) is 18.8. The molecule has 0 aliphatic heterocycles. The Balaban J connectivity index is 1.55. The van der Waals surface area contributed by atoms with Gasteiger partial charge in [-0.25, -0.2) is 14.1 Å². The van der Waals surface area contributed by atoms with Crippen molar-refractivity contribution in [3.8, 4) is 0 Å². The number of rotatable bonds is 4. The zero-order valence-corrected chi connectivity index (χ0v) is 14.6. The molecule has 134 valence electrons. The van der Waals surface area contributed by atoms with Crippen LogP contribution in [-0.4, -0.2) is 25.9 Å². The standard InChI is InChI=1S/C20H16FN5O/c1-13-2-9-19(22-11-13)23-20(27)15-5-8-18-17(10-15)24-25-26(18)12-14-3-6-16(21)7-4-14/h2-11H,12H2,1H3,(H,22,23,27). The highest BCUT2D eigenvalue weighted by molar-refractivity contribution is 6.05. The Bertz CT molecular complexity index is 1100. The molecule has 0 bridgehead atoms. The Hall–Kier alpha value is -3.61. The fourth-order valence-corrected chi connectivity index (χ4v) is 2.72. The second-order valence-corrected chi connectivity index (χ2v) is 6.25. The van der Waals surface area contributed by atoms with Crippen LogP contribution in [0.4, 0.5) is 10.2 Å². The smallest absolute Gasteiger partial charge is 0.256 e. The van der Waals surface area contributed by atoms with Gasteiger partial charge in [-0.2, -0.15) is 0 Å². The van der Waals surface area contributed by atoms with Crippen LogP contribution < -0.4 is 5.32 Å². The van der Waals surface area contributed by atoms with E-state index in [1.165, 1.54) is 12.1 Å². The van der Waals surface area contributed by atoms with E-state index in [2.05, 4.69) is 20.6 Å². The van der Waals surface area contributed by atoms with Crippen LogP contribution in [0.3, 0.4) is 0 Å². The lowest BCUT2D eigenvalue weighted by Crippen LogP contribution is -2.12. The first-order valence-electron chi connectivity index (χ1n) is 8.40. The average Bonchev–Trinajstić information content (AvgIpc) is 3.07. The molecule has 0 saturated heterocycles. The number of pyridine rings is 1. The van der Waals surface area contributed by atoms with Crippen LogP contribution in [0.2, 0.25) is 0 Å². The Morgan fingerprint density at radius 1 is 1.11 bits per heavy atom. The number of aryl methyl sites for hydroxylation is 1. The minimum Gasteiger partial charge on any atom is -0.307 e. The molecule has 27 heavy (non-hydrogen) atoms. The lowest BCUT2D eigenvalue weighted by molar-refractivity contribution is 0.102. The lowest BCUT2D eigenvalue weighted by Gasteiger charge is -2.05. The zero-order valence-electron chi connectivity index (χ0n) is 14.6. The van der Waals surface area contributed by atoms with E-state index < -0.39 is 0 Å². The van der Waals surface area contributed by atoms with Crippen molar-refractivity contribution in [3.63, 3.8) is 0 Å². The summed E-state index contributed by atoms with van der Waals surface area (Å²) < 4.78 is 14.8. The van der Waals surface area contributed by atoms with E-state index in [9.17, 15) is 9.18 Å². The van der Waals surface area contributed by atoms with E-state index in [1.54, 1.807) is 47.3 Å². The summed E-state index contributed by atoms with van der Waals surface area (Å²) in [4.78, 5) is 16.6. The van der Waals surface area contributed by atoms with Crippen LogP contribution in [0, 0.1) is 12.7 Å². The van der Waals surface area contributed by atoms with Gasteiger partial charge in [0.05, 0.1) is 12.1 Å². The molecule has 2 heterocycles. The Kier molecular flexibility index (Phi) is 4.33. The number of carbonyl (C=O) groups excluding carboxylic acids is 1. The molecule has 0 fully saturated rings. The second-order valence-electron chi connectivity index (χ2n) is 6.25. The van der Waals surface area contributed by atoms with Gasteiger partial charge in [0.25, 0.3) is 5.91 Å². The molecule has 0 spiro atoms. The Morgan fingerprint density at radius 2 is 1.93 bits per heavy atom. The summed E-state index contributed by atoms with van der Waals surface area (Å²) in [6, 6.07) is 15.1. The van der Waals surface area contributed by atoms with Crippen molar-refractivity contribution in [1.82, 2.24) is 20.0 Å². The summed E-state index contributed by atoms with van der Waals surface area (Å²) in [5, 5.41) is 11.0. The van der Waals surface area contributed by atoms with Crippen molar-refractivity contribution < 1.29 is 9.18 Å². The molecule has 4 aromatic rings. The molecular formula is C20H16FN5O. The molecule has 0 aliphatic carbocycles. The monoisotopic (exact) mass is 361 g/mol. The van der Waals surface area contributed by atoms with Crippen molar-refractivity contribution in [3.05, 3.63) is 83.3 Å². The predicted molar refractivity (Wildman–Crippen MR) is 100.0 cm³/mol. The first kappa shape index (κ1) is 16.8. The van der Waals surface area contributed by atoms with E-state index >= 15 is 0 Å². The van der Waals surface area contributed by atoms with Crippen LogP contribution in [0.1, 0.15) is 21.5 Å². The van der Waals surface area contributed by atoms with Gasteiger partial charge in [0.15, 0.2) is 0 Å². The number of benzene rings is 2. The molecule has 7 heteroatoms. The van der Waals surface area contributed by atoms with Crippen molar-refractivity contribution in [2.75, 3.05) is 5.32 Å². The summed E-state index contributed by atoms with van der Waals surface area (Å²) in [6.07, 6.45) is 1.69. The molecule has 0 unspecified atom stereocenters. The Morgan fingerprint density at radius 3 is 2.67 bits per heavy atom. The first-order chi connectivity index (χ1) is 13.1. The maximum Gasteiger partial charge on any atom is 0.256 e. The number of halogens is 1. The molecule has 0 aliphatic rings. The van der Waals surface area contributed by atoms with Crippen LogP contribution in [0.25, 0.3) is 11.0 Å². The number of nitrogens with one attached hydrogen (secondary N) is 1. The maximum absolute atomic E-state index is 13.0. The lowest BCUT2D eigenvalue weighted by atomic mass is 10.1. The fraction of sp³-hybridized carbons (Fsp3) is 0.100. The van der Waals surface area contributed by atoms with Crippen molar-refractivity contribution >= 4 is 22.8 Å². The molecule has 0 saturated carbocycles. The van der Waals surface area contributed by atoms with Gasteiger partial charge in [0.1, 0.15) is 17.2 Å². The SMILES string of the molecule is Cc1ccc(NC(=O)c2ccc3c(c2)nnn3Cc2ccc(F)cc2)nc1. The summed E-state index contributed by atoms with van der Waals surface area (Å²) in [7, 11) is 0. The van der Waals surface area contributed by atoms with Gasteiger partial charge >= 0.3 is 0 Å². The number of hydrogen-bond acceptors (Lipinski definition) is 4. The van der Waals surface area contributed by atoms with Crippen LogP contribution >= 0.6 is 0 Å². The van der Waals surface area contributed by atoms with Gasteiger partial charge in [-0.3, -0.25) is 4.79 Å². The summed E-state index contributed by atoms with van der Waals surface area (Å²) in [5.41, 5.74) is 3.81. The van der Waals surface area contributed by atoms with E-state index in [1.807, 2.05) is 13.0 Å². The third kappa shape index (κ3) is 3.67. The predicted octanol–water partition coefficient (Wildman–Crippen LogP) is 3.57. The van der Waals surface area contributed by atoms with E-state index in [-0.39, 0.29) is 11.7 Å². The van der Waals surface area contributed by atoms with Crippen molar-refractivity contribution in [1.29, 1.82) is 0 Å². The van der Waals surface area contributed by atoms with Gasteiger partial charge < -0.3 is 5.32 Å².